The number of carbonyl (C=O) groups is 2. The van der Waals surface area contributed by atoms with Gasteiger partial charge >= 0.3 is 0 Å². The van der Waals surface area contributed by atoms with E-state index in [9.17, 15) is 9.59 Å². The molecule has 6 aliphatic carbocycles. The fourth-order valence-electron chi connectivity index (χ4n) is 10.5. The first-order chi connectivity index (χ1) is 20.8. The van der Waals surface area contributed by atoms with Crippen LogP contribution in [0.25, 0.3) is 34.8 Å². The quantitative estimate of drug-likeness (QED) is 0.361. The molecule has 4 fully saturated rings. The number of rotatable bonds is 1. The summed E-state index contributed by atoms with van der Waals surface area (Å²) in [5.74, 6) is 5.05. The fourth-order valence-corrected chi connectivity index (χ4v) is 10.5. The van der Waals surface area contributed by atoms with E-state index in [-0.39, 0.29) is 10.8 Å². The molecule has 43 heavy (non-hydrogen) atoms. The number of ketones is 2. The van der Waals surface area contributed by atoms with Crippen LogP contribution < -0.4 is 10.4 Å². The highest BCUT2D eigenvalue weighted by Crippen LogP contribution is 2.66. The molecule has 2 aromatic carbocycles. The van der Waals surface area contributed by atoms with Crippen molar-refractivity contribution >= 4 is 46.3 Å². The monoisotopic (exact) mass is 574 g/mol. The predicted molar refractivity (Wildman–Crippen MR) is 171 cm³/mol. The molecule has 1 aliphatic heterocycles. The molecule has 0 aromatic heterocycles. The highest BCUT2D eigenvalue weighted by Gasteiger charge is 2.59. The van der Waals surface area contributed by atoms with E-state index in [0.717, 1.165) is 66.6 Å². The number of hydrogen-bond acceptors (Lipinski definition) is 4. The highest BCUT2D eigenvalue weighted by molar-refractivity contribution is 6.00. The molecule has 0 N–H and O–H groups in total. The summed E-state index contributed by atoms with van der Waals surface area (Å²) in [6, 6.07) is 8.76. The van der Waals surface area contributed by atoms with Crippen LogP contribution in [0.5, 0.6) is 0 Å². The maximum absolute atomic E-state index is 12.1. The second kappa shape index (κ2) is 9.81. The minimum absolute atomic E-state index is 0.245. The summed E-state index contributed by atoms with van der Waals surface area (Å²) in [7, 11) is 0. The Morgan fingerprint density at radius 1 is 0.884 bits per heavy atom. The molecule has 4 nitrogen and oxygen atoms in total. The second-order valence-electron chi connectivity index (χ2n) is 14.5. The second-order valence-corrected chi connectivity index (χ2v) is 14.5. The van der Waals surface area contributed by atoms with Gasteiger partial charge in [-0.1, -0.05) is 55.8 Å². The smallest absolute Gasteiger partial charge is 0.231 e. The minimum atomic E-state index is 0.245. The van der Waals surface area contributed by atoms with Gasteiger partial charge in [-0.25, -0.2) is 0 Å². The average molecular weight is 575 g/mol. The van der Waals surface area contributed by atoms with Crippen LogP contribution in [-0.4, -0.2) is 18.4 Å². The molecular weight excluding hydrogens is 532 g/mol. The number of ether oxygens (including phenoxy) is 2. The number of fused-ring (bicyclic) bond motifs is 11. The SMILES string of the molecule is C1=Cc2c(ccc3c4c(ccc23)=C2OCOC2=C4)=CC1.CC(=O)[C@H]1CC[C@H]2[C@@H]3CCC4=CC(=O)CC[C@]4(C)[C@H]3CC[C@]12C. The third-order valence-electron chi connectivity index (χ3n) is 12.7. The lowest BCUT2D eigenvalue weighted by atomic mass is 9.47. The first-order valence-corrected chi connectivity index (χ1v) is 16.5. The van der Waals surface area contributed by atoms with E-state index in [2.05, 4.69) is 62.4 Å². The first-order valence-electron chi connectivity index (χ1n) is 16.5. The van der Waals surface area contributed by atoms with Gasteiger partial charge in [-0.2, -0.15) is 0 Å². The van der Waals surface area contributed by atoms with Crippen molar-refractivity contribution < 1.29 is 19.1 Å². The normalized spacial score (nSPS) is 34.5. The average Bonchev–Trinajstić information content (AvgIpc) is 3.70. The van der Waals surface area contributed by atoms with Crippen molar-refractivity contribution in [2.45, 2.75) is 78.6 Å². The molecule has 6 atom stereocenters. The van der Waals surface area contributed by atoms with Gasteiger partial charge in [0.15, 0.2) is 17.3 Å². The van der Waals surface area contributed by atoms with E-state index < -0.39 is 0 Å². The lowest BCUT2D eigenvalue weighted by Crippen LogP contribution is -2.51. The molecule has 1 saturated heterocycles. The van der Waals surface area contributed by atoms with Gasteiger partial charge < -0.3 is 9.47 Å². The van der Waals surface area contributed by atoms with E-state index in [1.165, 1.54) is 58.4 Å². The Kier molecular flexibility index (Phi) is 6.20. The number of carbonyl (C=O) groups excluding carboxylic acids is 2. The van der Waals surface area contributed by atoms with Gasteiger partial charge in [0.2, 0.25) is 6.79 Å². The van der Waals surface area contributed by atoms with Gasteiger partial charge in [0.1, 0.15) is 5.78 Å². The molecule has 222 valence electrons. The molecule has 0 spiro atoms. The Bertz CT molecular complexity index is 1790. The standard InChI is InChI=1S/C21H30O2.C18H12O2/c1-13(22)17-6-7-18-16-5-4-14-12-15(23)8-10-20(14,2)19(16)9-11-21(17,18)3;1-2-4-12-11(3-1)5-6-14-13(12)7-8-15-16(14)9-17-18(15)20-10-19-17/h12,16-19H,4-11H2,1-3H3;2-9H,1,10H2/t16-,17+,18-,19-,20-,21+;/m0./s1. The molecular formula is C39H42O4. The minimum Gasteiger partial charge on any atom is -0.454 e. The predicted octanol–water partition coefficient (Wildman–Crippen LogP) is 7.23. The molecule has 0 bridgehead atoms. The number of Topliss-reactive ketones (excluding diaryl/α,β-unsaturated/α-hetero) is 1. The van der Waals surface area contributed by atoms with E-state index in [1.807, 2.05) is 6.08 Å². The summed E-state index contributed by atoms with van der Waals surface area (Å²) in [5.41, 5.74) is 4.48. The third-order valence-corrected chi connectivity index (χ3v) is 12.7. The Balaban J connectivity index is 0.000000130. The van der Waals surface area contributed by atoms with Crippen molar-refractivity contribution in [3.05, 3.63) is 69.3 Å². The Morgan fingerprint density at radius 2 is 1.72 bits per heavy atom. The van der Waals surface area contributed by atoms with Crippen LogP contribution in [0.3, 0.4) is 0 Å². The van der Waals surface area contributed by atoms with Crippen molar-refractivity contribution in [1.29, 1.82) is 0 Å². The van der Waals surface area contributed by atoms with Crippen molar-refractivity contribution in [3.63, 3.8) is 0 Å². The van der Waals surface area contributed by atoms with Gasteiger partial charge in [-0.05, 0) is 132 Å². The molecule has 3 saturated carbocycles. The van der Waals surface area contributed by atoms with Crippen molar-refractivity contribution in [1.82, 2.24) is 0 Å². The van der Waals surface area contributed by atoms with Gasteiger partial charge in [0.25, 0.3) is 0 Å². The zero-order chi connectivity index (χ0) is 29.5. The number of benzene rings is 2. The Labute approximate surface area is 254 Å². The van der Waals surface area contributed by atoms with Crippen LogP contribution in [0, 0.1) is 34.5 Å². The van der Waals surface area contributed by atoms with Gasteiger partial charge in [-0.15, -0.1) is 0 Å². The summed E-state index contributed by atoms with van der Waals surface area (Å²) in [6.07, 6.45) is 20.8. The summed E-state index contributed by atoms with van der Waals surface area (Å²) in [5, 5.41) is 5.04. The number of hydrogen-bond donors (Lipinski definition) is 0. The van der Waals surface area contributed by atoms with Gasteiger partial charge in [-0.3, -0.25) is 9.59 Å². The van der Waals surface area contributed by atoms with E-state index >= 15 is 0 Å². The Morgan fingerprint density at radius 3 is 2.58 bits per heavy atom. The van der Waals surface area contributed by atoms with Crippen LogP contribution in [0.2, 0.25) is 0 Å². The maximum Gasteiger partial charge on any atom is 0.231 e. The Hall–Kier alpha value is -3.40. The van der Waals surface area contributed by atoms with E-state index in [1.54, 1.807) is 6.92 Å². The van der Waals surface area contributed by atoms with Crippen LogP contribution >= 0.6 is 0 Å². The molecule has 9 rings (SSSR count). The van der Waals surface area contributed by atoms with E-state index in [4.69, 9.17) is 9.47 Å². The van der Waals surface area contributed by atoms with Crippen LogP contribution in [-0.2, 0) is 19.1 Å². The van der Waals surface area contributed by atoms with E-state index in [0.29, 0.717) is 24.3 Å². The van der Waals surface area contributed by atoms with Crippen LogP contribution in [0.15, 0.2) is 47.7 Å². The molecule has 2 aromatic rings. The van der Waals surface area contributed by atoms with Gasteiger partial charge in [0, 0.05) is 17.6 Å². The van der Waals surface area contributed by atoms with Crippen molar-refractivity contribution in [3.8, 4) is 0 Å². The van der Waals surface area contributed by atoms with Crippen molar-refractivity contribution in [2.24, 2.45) is 34.5 Å². The maximum atomic E-state index is 12.1. The van der Waals surface area contributed by atoms with Crippen LogP contribution in [0.1, 0.15) is 89.7 Å². The zero-order valence-electron chi connectivity index (χ0n) is 25.7. The summed E-state index contributed by atoms with van der Waals surface area (Å²) in [4.78, 5) is 24.0. The molecule has 1 heterocycles. The first kappa shape index (κ1) is 27.2. The lowest BCUT2D eigenvalue weighted by Gasteiger charge is -2.58. The lowest BCUT2D eigenvalue weighted by molar-refractivity contribution is -0.128. The molecule has 4 heteroatoms. The topological polar surface area (TPSA) is 52.6 Å². The van der Waals surface area contributed by atoms with Crippen molar-refractivity contribution in [2.75, 3.05) is 6.79 Å². The summed E-state index contributed by atoms with van der Waals surface area (Å²) in [6.45, 7) is 6.98. The largest absolute Gasteiger partial charge is 0.454 e. The molecule has 0 radical (unpaired) electrons. The molecule has 0 unspecified atom stereocenters. The third kappa shape index (κ3) is 4.01. The van der Waals surface area contributed by atoms with Crippen LogP contribution in [0.4, 0.5) is 0 Å². The zero-order valence-corrected chi connectivity index (χ0v) is 25.7. The fraction of sp³-hybridized carbons (Fsp3) is 0.487. The molecule has 0 amide bonds. The summed E-state index contributed by atoms with van der Waals surface area (Å²) < 4.78 is 11.1. The summed E-state index contributed by atoms with van der Waals surface area (Å²) >= 11 is 0. The molecule has 7 aliphatic rings. The number of allylic oxidation sites excluding steroid dienone is 2. The highest BCUT2D eigenvalue weighted by atomic mass is 16.7. The van der Waals surface area contributed by atoms with Gasteiger partial charge in [0.05, 0.1) is 0 Å².